The highest BCUT2D eigenvalue weighted by molar-refractivity contribution is 8.24. The smallest absolute Gasteiger partial charge is 0.253 e. The molecule has 2 heterocycles. The number of carbonyl (C=O) groups excluding carboxylic acids is 1. The largest absolute Gasteiger partial charge is 0.351 e. The van der Waals surface area contributed by atoms with Crippen molar-refractivity contribution in [3.8, 4) is 0 Å². The molecule has 4 N–H and O–H groups in total. The zero-order chi connectivity index (χ0) is 22.0. The van der Waals surface area contributed by atoms with Gasteiger partial charge in [-0.3, -0.25) is 13.9 Å². The second-order valence-electron chi connectivity index (χ2n) is 7.40. The maximum Gasteiger partial charge on any atom is 0.253 e. The van der Waals surface area contributed by atoms with E-state index in [1.807, 2.05) is 42.2 Å². The summed E-state index contributed by atoms with van der Waals surface area (Å²) in [5, 5.41) is 7.06. The van der Waals surface area contributed by atoms with Gasteiger partial charge in [-0.05, 0) is 30.7 Å². The van der Waals surface area contributed by atoms with E-state index in [0.717, 1.165) is 16.5 Å². The molecular weight excluding hydrogens is 416 g/mol. The summed E-state index contributed by atoms with van der Waals surface area (Å²) in [7, 11) is -2.89. The van der Waals surface area contributed by atoms with Crippen molar-refractivity contribution in [2.24, 2.45) is 5.11 Å². The van der Waals surface area contributed by atoms with Gasteiger partial charge in [-0.15, -0.1) is 0 Å². The topological polar surface area (TPSA) is 136 Å². The Bertz CT molecular complexity index is 1210. The van der Waals surface area contributed by atoms with Gasteiger partial charge in [0.15, 0.2) is 0 Å². The van der Waals surface area contributed by atoms with Crippen molar-refractivity contribution in [1.82, 2.24) is 9.90 Å². The summed E-state index contributed by atoms with van der Waals surface area (Å²) in [5.41, 5.74) is 9.90. The molecule has 3 aromatic rings. The van der Waals surface area contributed by atoms with Gasteiger partial charge in [-0.2, -0.15) is 10.6 Å². The predicted octanol–water partition coefficient (Wildman–Crippen LogP) is 4.16. The van der Waals surface area contributed by atoms with Crippen molar-refractivity contribution in [3.05, 3.63) is 59.7 Å². The lowest BCUT2D eigenvalue weighted by Crippen LogP contribution is -2.26. The summed E-state index contributed by atoms with van der Waals surface area (Å²) in [6.45, 7) is 2.59. The maximum absolute atomic E-state index is 12.2. The van der Waals surface area contributed by atoms with Crippen LogP contribution in [-0.4, -0.2) is 38.8 Å². The normalized spacial score (nSPS) is 16.0. The lowest BCUT2D eigenvalue weighted by atomic mass is 10.1. The summed E-state index contributed by atoms with van der Waals surface area (Å²) >= 11 is 0. The number of benzene rings is 2. The van der Waals surface area contributed by atoms with Gasteiger partial charge in [0.2, 0.25) is 11.5 Å². The van der Waals surface area contributed by atoms with Crippen LogP contribution in [0.1, 0.15) is 11.1 Å². The first-order valence-corrected chi connectivity index (χ1v) is 11.4. The molecule has 0 saturated carbocycles. The third-order valence-corrected chi connectivity index (χ3v) is 7.02. The molecule has 0 fully saturated rings. The fraction of sp³-hybridized carbons (Fsp3) is 0.238. The molecule has 1 aliphatic heterocycles. The minimum Gasteiger partial charge on any atom is -0.351 e. The van der Waals surface area contributed by atoms with Crippen molar-refractivity contribution in [1.29, 1.82) is 5.53 Å². The number of hydrogen-bond acceptors (Lipinski definition) is 7. The van der Waals surface area contributed by atoms with Gasteiger partial charge < -0.3 is 10.2 Å². The number of anilines is 2. The van der Waals surface area contributed by atoms with Crippen LogP contribution in [0, 0.1) is 12.5 Å². The lowest BCUT2D eigenvalue weighted by Gasteiger charge is -2.32. The van der Waals surface area contributed by atoms with Crippen molar-refractivity contribution < 1.29 is 13.9 Å². The Balaban J connectivity index is 1.76. The van der Waals surface area contributed by atoms with Crippen LogP contribution in [0.25, 0.3) is 10.9 Å². The number of hydrogen-bond donors (Lipinski definition) is 4. The van der Waals surface area contributed by atoms with E-state index in [0.29, 0.717) is 35.0 Å². The molecule has 0 aliphatic carbocycles. The average molecular weight is 440 g/mol. The van der Waals surface area contributed by atoms with Crippen molar-refractivity contribution in [2.75, 3.05) is 29.1 Å². The Labute approximate surface area is 180 Å². The summed E-state index contributed by atoms with van der Waals surface area (Å²) in [4.78, 5) is 22.5. The van der Waals surface area contributed by atoms with Gasteiger partial charge in [0.05, 0.1) is 21.9 Å². The molecule has 2 aromatic carbocycles. The van der Waals surface area contributed by atoms with Gasteiger partial charge in [-0.25, -0.2) is 4.98 Å². The summed E-state index contributed by atoms with van der Waals surface area (Å²) in [6, 6.07) is 14.9. The van der Waals surface area contributed by atoms with Gasteiger partial charge in [0, 0.05) is 24.5 Å². The molecule has 9 nitrogen and oxygen atoms in total. The Kier molecular flexibility index (Phi) is 5.71. The van der Waals surface area contributed by atoms with Crippen LogP contribution >= 0.6 is 10.6 Å². The van der Waals surface area contributed by atoms with Crippen LogP contribution in [0.2, 0.25) is 0 Å². The van der Waals surface area contributed by atoms with E-state index in [-0.39, 0.29) is 18.2 Å². The van der Waals surface area contributed by atoms with Crippen LogP contribution < -0.4 is 15.1 Å². The van der Waals surface area contributed by atoms with Crippen LogP contribution in [-0.2, 0) is 11.3 Å². The monoisotopic (exact) mass is 439 g/mol. The van der Waals surface area contributed by atoms with E-state index < -0.39 is 10.6 Å². The Morgan fingerprint density at radius 1 is 1.29 bits per heavy atom. The second kappa shape index (κ2) is 8.44. The maximum atomic E-state index is 12.2. The molecule has 0 bridgehead atoms. The molecule has 4 rings (SSSR count). The number of rotatable bonds is 4. The first-order chi connectivity index (χ1) is 14.9. The molecule has 0 radical (unpaired) electrons. The van der Waals surface area contributed by atoms with Crippen LogP contribution in [0.3, 0.4) is 0 Å². The predicted molar refractivity (Wildman–Crippen MR) is 121 cm³/mol. The molecule has 10 heteroatoms. The number of fused-ring (bicyclic) bond motifs is 2. The minimum absolute atomic E-state index is 0.198. The standard InChI is InChI=1S/C21H22N6O3S/c1-14-6-7-17-16(10-14)18(25-21(28)12-23-26-22)11-20(24-17)27-8-9-31(29,30)19-5-3-2-4-15(19)13-27/h2-7,10-11,22H,8-9,12-13H2,1H3,(H2-,24,25,28,29,30)/p+1. The molecule has 1 aromatic heterocycles. The van der Waals surface area contributed by atoms with Gasteiger partial charge in [-0.1, -0.05) is 29.8 Å². The van der Waals surface area contributed by atoms with Gasteiger partial charge in [0.25, 0.3) is 5.91 Å². The van der Waals surface area contributed by atoms with Gasteiger partial charge >= 0.3 is 0 Å². The molecule has 0 atom stereocenters. The molecule has 31 heavy (non-hydrogen) atoms. The van der Waals surface area contributed by atoms with Crippen LogP contribution in [0.5, 0.6) is 0 Å². The Morgan fingerprint density at radius 2 is 2.10 bits per heavy atom. The highest BCUT2D eigenvalue weighted by Gasteiger charge is 2.26. The summed E-state index contributed by atoms with van der Waals surface area (Å²) < 4.78 is 21.3. The minimum atomic E-state index is -2.89. The third kappa shape index (κ3) is 4.42. The molecule has 0 unspecified atom stereocenters. The lowest BCUT2D eigenvalue weighted by molar-refractivity contribution is -0.114. The number of nitrogens with one attached hydrogen (secondary N) is 2. The Hall–Kier alpha value is -3.30. The zero-order valence-corrected chi connectivity index (χ0v) is 17.8. The van der Waals surface area contributed by atoms with Crippen LogP contribution in [0.15, 0.2) is 58.5 Å². The number of nitrogens with zero attached hydrogens (tertiary/aromatic N) is 4. The zero-order valence-electron chi connectivity index (χ0n) is 16.9. The molecular formula is C21H23N6O3S+. The first-order valence-electron chi connectivity index (χ1n) is 9.71. The van der Waals surface area contributed by atoms with Crippen molar-refractivity contribution in [2.45, 2.75) is 18.4 Å². The number of aromatic nitrogens is 1. The second-order valence-corrected chi connectivity index (χ2v) is 9.58. The first kappa shape index (κ1) is 21.0. The number of pyridine rings is 1. The highest BCUT2D eigenvalue weighted by atomic mass is 32.3. The molecule has 0 saturated heterocycles. The van der Waals surface area contributed by atoms with E-state index in [1.54, 1.807) is 18.2 Å². The Morgan fingerprint density at radius 3 is 2.90 bits per heavy atom. The molecule has 1 amide bonds. The number of aryl methyl sites for hydroxylation is 1. The van der Waals surface area contributed by atoms with E-state index in [1.165, 1.54) is 0 Å². The van der Waals surface area contributed by atoms with E-state index >= 15 is 0 Å². The van der Waals surface area contributed by atoms with Crippen LogP contribution in [0.4, 0.5) is 11.5 Å². The molecule has 0 spiro atoms. The fourth-order valence-electron chi connectivity index (χ4n) is 3.66. The van der Waals surface area contributed by atoms with Crippen molar-refractivity contribution >= 4 is 38.9 Å². The summed E-state index contributed by atoms with van der Waals surface area (Å²) in [6.07, 6.45) is 0. The quantitative estimate of drug-likeness (QED) is 0.357. The fourth-order valence-corrected chi connectivity index (χ4v) is 5.21. The molecule has 160 valence electrons. The van der Waals surface area contributed by atoms with Crippen molar-refractivity contribution in [3.63, 3.8) is 0 Å². The SMILES string of the molecule is Cc1ccc2nc(N3CCS(O)(O)c4ccccc4C3)cc(NC(=O)CN=[N+]=N)c2c1. The molecule has 1 aliphatic rings. The number of carbonyl (C=O) groups is 1. The average Bonchev–Trinajstić information content (AvgIpc) is 2.88. The highest BCUT2D eigenvalue weighted by Crippen LogP contribution is 2.51. The van der Waals surface area contributed by atoms with Gasteiger partial charge in [0.1, 0.15) is 16.5 Å². The third-order valence-electron chi connectivity index (χ3n) is 5.17. The number of amides is 1. The van der Waals surface area contributed by atoms with E-state index in [2.05, 4.69) is 15.3 Å². The van der Waals surface area contributed by atoms with E-state index in [4.69, 9.17) is 10.5 Å². The summed E-state index contributed by atoms with van der Waals surface area (Å²) in [5.74, 6) is 0.440. The van der Waals surface area contributed by atoms with E-state index in [9.17, 15) is 13.9 Å².